The van der Waals surface area contributed by atoms with Crippen molar-refractivity contribution in [2.45, 2.75) is 0 Å². The maximum atomic E-state index is 8.46. The second-order valence-corrected chi connectivity index (χ2v) is 0.245. The summed E-state index contributed by atoms with van der Waals surface area (Å²) in [4.78, 5) is 6.99. The van der Waals surface area contributed by atoms with Gasteiger partial charge in [-0.3, -0.25) is 0 Å². The molecule has 5 heteroatoms. The SMILES string of the molecule is O=PO.[AlH].[AlH]. The Morgan fingerprint density at radius 1 is 1.40 bits per heavy atom. The van der Waals surface area contributed by atoms with E-state index in [9.17, 15) is 0 Å². The van der Waals surface area contributed by atoms with Crippen molar-refractivity contribution in [3.05, 3.63) is 0 Å². The molecule has 0 atom stereocenters. The van der Waals surface area contributed by atoms with E-state index in [0.717, 1.165) is 0 Å². The minimum Gasteiger partial charge on any atom is -0.310 e. The Kier molecular flexibility index (Phi) is 63.6. The summed E-state index contributed by atoms with van der Waals surface area (Å²) in [6, 6.07) is 0. The van der Waals surface area contributed by atoms with Crippen molar-refractivity contribution < 1.29 is 9.46 Å². The fourth-order valence-electron chi connectivity index (χ4n) is 0. The summed E-state index contributed by atoms with van der Waals surface area (Å²) in [5.41, 5.74) is 0. The standard InChI is InChI=1S/2Al.HO2P.2H/c;;1-3-2;;/h;;(H,1,2);;. The van der Waals surface area contributed by atoms with Crippen LogP contribution in [0.5, 0.6) is 0 Å². The molecule has 26 valence electrons. The van der Waals surface area contributed by atoms with Gasteiger partial charge in [0.15, 0.2) is 0 Å². The highest BCUT2D eigenvalue weighted by molar-refractivity contribution is 7.16. The molecule has 0 spiro atoms. The predicted octanol–water partition coefficient (Wildman–Crippen LogP) is -1.11. The molecule has 0 fully saturated rings. The van der Waals surface area contributed by atoms with Crippen molar-refractivity contribution in [1.29, 1.82) is 0 Å². The molecule has 0 aliphatic heterocycles. The first-order valence-corrected chi connectivity index (χ1v) is 1.15. The van der Waals surface area contributed by atoms with E-state index in [2.05, 4.69) is 0 Å². The third-order valence-electron chi connectivity index (χ3n) is 0. The third-order valence-corrected chi connectivity index (χ3v) is 0. The molecule has 2 nitrogen and oxygen atoms in total. The Morgan fingerprint density at radius 3 is 1.40 bits per heavy atom. The second-order valence-electron chi connectivity index (χ2n) is 0.0816. The summed E-state index contributed by atoms with van der Waals surface area (Å²) in [5.74, 6) is 0. The minimum atomic E-state index is -0.833. The monoisotopic (exact) mass is 120 g/mol. The molecule has 0 amide bonds. The van der Waals surface area contributed by atoms with Crippen LogP contribution < -0.4 is 0 Å². The minimum absolute atomic E-state index is 0. The number of rotatable bonds is 0. The van der Waals surface area contributed by atoms with Crippen LogP contribution >= 0.6 is 8.69 Å². The summed E-state index contributed by atoms with van der Waals surface area (Å²) in [7, 11) is -0.833. The van der Waals surface area contributed by atoms with Gasteiger partial charge in [-0.1, -0.05) is 0 Å². The van der Waals surface area contributed by atoms with Crippen molar-refractivity contribution in [2.75, 3.05) is 0 Å². The Balaban J connectivity index is -0.0000000200. The molecule has 0 aliphatic rings. The predicted molar refractivity (Wildman–Crippen MR) is 24.1 cm³/mol. The highest BCUT2D eigenvalue weighted by atomic mass is 31.1. The molecule has 5 heavy (non-hydrogen) atoms. The summed E-state index contributed by atoms with van der Waals surface area (Å²) < 4.78 is 8.46. The lowest BCUT2D eigenvalue weighted by Gasteiger charge is -1.24. The Morgan fingerprint density at radius 2 is 1.40 bits per heavy atom. The van der Waals surface area contributed by atoms with Crippen LogP contribution in [-0.2, 0) is 4.57 Å². The lowest BCUT2D eigenvalue weighted by Crippen LogP contribution is -1.03. The molecule has 0 aromatic heterocycles. The van der Waals surface area contributed by atoms with E-state index in [4.69, 9.17) is 9.46 Å². The molecule has 0 aliphatic carbocycles. The van der Waals surface area contributed by atoms with Gasteiger partial charge in [-0.2, -0.15) is 0 Å². The molecular formula is H3Al2O2P. The lowest BCUT2D eigenvalue weighted by atomic mass is 15.9. The van der Waals surface area contributed by atoms with E-state index < -0.39 is 8.69 Å². The summed E-state index contributed by atoms with van der Waals surface area (Å²) in [6.07, 6.45) is 0. The van der Waals surface area contributed by atoms with Crippen molar-refractivity contribution in [3.63, 3.8) is 0 Å². The molecule has 0 aromatic carbocycles. The average molecular weight is 120 g/mol. The maximum absolute atomic E-state index is 8.46. The molecule has 1 N–H and O–H groups in total. The van der Waals surface area contributed by atoms with Crippen LogP contribution in [-0.4, -0.2) is 39.6 Å². The topological polar surface area (TPSA) is 37.3 Å². The van der Waals surface area contributed by atoms with Crippen LogP contribution in [0.15, 0.2) is 0 Å². The second kappa shape index (κ2) is 19.3. The maximum Gasteiger partial charge on any atom is 0.324 e. The van der Waals surface area contributed by atoms with Gasteiger partial charge in [0.05, 0.1) is 34.7 Å². The molecule has 0 saturated heterocycles. The first-order chi connectivity index (χ1) is 1.41. The first kappa shape index (κ1) is 16.5. The molecule has 4 radical (unpaired) electrons. The number of hydrogen-bond acceptors (Lipinski definition) is 1. The zero-order valence-electron chi connectivity index (χ0n) is 2.72. The smallest absolute Gasteiger partial charge is 0.310 e. The zero-order chi connectivity index (χ0) is 2.71. The van der Waals surface area contributed by atoms with Crippen LogP contribution in [0.25, 0.3) is 0 Å². The van der Waals surface area contributed by atoms with Gasteiger partial charge >= 0.3 is 8.69 Å². The molecular weight excluding hydrogens is 117 g/mol. The highest BCUT2D eigenvalue weighted by Crippen LogP contribution is 1.66. The molecule has 0 heterocycles. The van der Waals surface area contributed by atoms with Crippen molar-refractivity contribution >= 4 is 43.4 Å². The van der Waals surface area contributed by atoms with E-state index in [-0.39, 0.29) is 34.7 Å². The van der Waals surface area contributed by atoms with Crippen LogP contribution in [0.1, 0.15) is 0 Å². The van der Waals surface area contributed by atoms with Gasteiger partial charge in [-0.15, -0.1) is 0 Å². The number of hydrogen-bond donors (Lipinski definition) is 1. The van der Waals surface area contributed by atoms with Crippen molar-refractivity contribution in [1.82, 2.24) is 0 Å². The van der Waals surface area contributed by atoms with Crippen LogP contribution in [0.2, 0.25) is 0 Å². The first-order valence-electron chi connectivity index (χ1n) is 0.383. The van der Waals surface area contributed by atoms with Gasteiger partial charge in [0.2, 0.25) is 0 Å². The molecule has 0 rings (SSSR count). The summed E-state index contributed by atoms with van der Waals surface area (Å²) >= 11 is 0. The van der Waals surface area contributed by atoms with E-state index in [1.165, 1.54) is 0 Å². The van der Waals surface area contributed by atoms with Gasteiger partial charge in [-0.25, -0.2) is 4.57 Å². The van der Waals surface area contributed by atoms with Gasteiger partial charge in [0.25, 0.3) is 0 Å². The zero-order valence-corrected chi connectivity index (χ0v) is 6.44. The Bertz CT molecular complexity index is 15.1. The Hall–Kier alpha value is 1.12. The molecule has 0 bridgehead atoms. The largest absolute Gasteiger partial charge is 0.324 e. The van der Waals surface area contributed by atoms with Crippen LogP contribution in [0.3, 0.4) is 0 Å². The van der Waals surface area contributed by atoms with Gasteiger partial charge < -0.3 is 4.89 Å². The van der Waals surface area contributed by atoms with Gasteiger partial charge in [0, 0.05) is 0 Å². The van der Waals surface area contributed by atoms with E-state index >= 15 is 0 Å². The molecule has 0 unspecified atom stereocenters. The quantitative estimate of drug-likeness (QED) is 0.325. The fourth-order valence-corrected chi connectivity index (χ4v) is 0. The molecule has 0 saturated carbocycles. The lowest BCUT2D eigenvalue weighted by molar-refractivity contribution is 0.524. The fraction of sp³-hybridized carbons (Fsp3) is 0. The normalized spacial score (nSPS) is 4.20. The van der Waals surface area contributed by atoms with Crippen molar-refractivity contribution in [3.8, 4) is 0 Å². The van der Waals surface area contributed by atoms with Crippen LogP contribution in [0, 0.1) is 0 Å². The summed E-state index contributed by atoms with van der Waals surface area (Å²) in [6.45, 7) is 0. The van der Waals surface area contributed by atoms with E-state index in [1.807, 2.05) is 0 Å². The summed E-state index contributed by atoms with van der Waals surface area (Å²) in [5, 5.41) is 0. The van der Waals surface area contributed by atoms with E-state index in [0.29, 0.717) is 0 Å². The van der Waals surface area contributed by atoms with Gasteiger partial charge in [0.1, 0.15) is 0 Å². The van der Waals surface area contributed by atoms with Crippen LogP contribution in [0.4, 0.5) is 0 Å². The van der Waals surface area contributed by atoms with Gasteiger partial charge in [-0.05, 0) is 0 Å². The van der Waals surface area contributed by atoms with Crippen molar-refractivity contribution in [2.24, 2.45) is 0 Å². The highest BCUT2D eigenvalue weighted by Gasteiger charge is 1.28. The molecule has 0 aromatic rings. The average Bonchev–Trinajstić information content (AvgIpc) is 0.918. The third kappa shape index (κ3) is 39.5. The van der Waals surface area contributed by atoms with E-state index in [1.54, 1.807) is 0 Å². The Labute approximate surface area is 53.1 Å².